The zero-order chi connectivity index (χ0) is 18.3. The molecule has 1 aromatic heterocycles. The maximum absolute atomic E-state index is 12.7. The molecule has 3 aromatic rings. The summed E-state index contributed by atoms with van der Waals surface area (Å²) in [6, 6.07) is 14.6. The smallest absolute Gasteiger partial charge is 0.256 e. The van der Waals surface area contributed by atoms with Crippen molar-refractivity contribution in [2.45, 2.75) is 18.4 Å². The number of nitrogens with one attached hydrogen (secondary N) is 1. The highest BCUT2D eigenvalue weighted by molar-refractivity contribution is 7.83. The fourth-order valence-electron chi connectivity index (χ4n) is 2.94. The number of nitrogens with zero attached hydrogens (tertiary/aromatic N) is 2. The highest BCUT2D eigenvalue weighted by Crippen LogP contribution is 2.31. The van der Waals surface area contributed by atoms with Gasteiger partial charge >= 0.3 is 0 Å². The Hall–Kier alpha value is -2.44. The number of carbonyl (C=O) groups excluding carboxylic acids is 1. The van der Waals surface area contributed by atoms with E-state index in [0.29, 0.717) is 27.9 Å². The number of halogens is 1. The molecule has 26 heavy (non-hydrogen) atoms. The molecule has 5 nitrogen and oxygen atoms in total. The summed E-state index contributed by atoms with van der Waals surface area (Å²) in [5, 5.41) is 8.02. The number of aromatic nitrogens is 2. The van der Waals surface area contributed by atoms with Crippen LogP contribution in [0.4, 0.5) is 5.82 Å². The first kappa shape index (κ1) is 17.0. The molecule has 1 amide bonds. The minimum atomic E-state index is -0.978. The predicted molar refractivity (Wildman–Crippen MR) is 103 cm³/mol. The molecular weight excluding hydrogens is 370 g/mol. The molecule has 1 atom stereocenters. The van der Waals surface area contributed by atoms with Gasteiger partial charge in [0.25, 0.3) is 5.91 Å². The molecule has 0 unspecified atom stereocenters. The average Bonchev–Trinajstić information content (AvgIpc) is 3.13. The second kappa shape index (κ2) is 6.70. The average molecular weight is 386 g/mol. The molecule has 1 aliphatic rings. The number of aryl methyl sites for hydroxylation is 1. The predicted octanol–water partition coefficient (Wildman–Crippen LogP) is 3.85. The summed E-state index contributed by atoms with van der Waals surface area (Å²) in [4.78, 5) is 12.7. The lowest BCUT2D eigenvalue weighted by molar-refractivity contribution is 0.102. The van der Waals surface area contributed by atoms with Crippen molar-refractivity contribution in [2.75, 3.05) is 5.32 Å². The topological polar surface area (TPSA) is 64.0 Å². The van der Waals surface area contributed by atoms with E-state index >= 15 is 0 Å². The largest absolute Gasteiger partial charge is 0.306 e. The van der Waals surface area contributed by atoms with E-state index in [-0.39, 0.29) is 5.91 Å². The highest BCUT2D eigenvalue weighted by Gasteiger charge is 2.28. The minimum absolute atomic E-state index is 0.277. The third-order valence-corrected chi connectivity index (χ3v) is 5.71. The molecule has 1 N–H and O–H groups in total. The first-order chi connectivity index (χ1) is 12.5. The lowest BCUT2D eigenvalue weighted by Crippen LogP contribution is -2.16. The number of anilines is 1. The quantitative estimate of drug-likeness (QED) is 0.744. The molecule has 0 spiro atoms. The van der Waals surface area contributed by atoms with Crippen molar-refractivity contribution in [1.82, 2.24) is 9.78 Å². The third kappa shape index (κ3) is 3.18. The molecular formula is C19H16ClN3O2S. The van der Waals surface area contributed by atoms with Crippen LogP contribution in [0.2, 0.25) is 5.02 Å². The highest BCUT2D eigenvalue weighted by atomic mass is 35.5. The van der Waals surface area contributed by atoms with Crippen molar-refractivity contribution < 1.29 is 9.00 Å². The maximum atomic E-state index is 12.7. The van der Waals surface area contributed by atoms with E-state index in [2.05, 4.69) is 10.4 Å². The van der Waals surface area contributed by atoms with Gasteiger partial charge in [0.15, 0.2) is 0 Å². The summed E-state index contributed by atoms with van der Waals surface area (Å²) in [6.07, 6.45) is 0. The number of hydrogen-bond donors (Lipinski definition) is 1. The van der Waals surface area contributed by atoms with Gasteiger partial charge in [0, 0.05) is 26.9 Å². The van der Waals surface area contributed by atoms with E-state index in [0.717, 1.165) is 22.5 Å². The normalized spacial score (nSPS) is 15.7. The maximum Gasteiger partial charge on any atom is 0.256 e. The number of amides is 1. The van der Waals surface area contributed by atoms with Crippen molar-refractivity contribution in [2.24, 2.45) is 0 Å². The van der Waals surface area contributed by atoms with Crippen LogP contribution in [0.25, 0.3) is 5.69 Å². The zero-order valence-corrected chi connectivity index (χ0v) is 15.6. The summed E-state index contributed by atoms with van der Waals surface area (Å²) in [5.41, 5.74) is 4.04. The molecule has 7 heteroatoms. The SMILES string of the molecule is Cc1ccc(-n2nc3c(c2NC(=O)c2cccc(Cl)c2)C[S@@](=O)C3)cc1. The summed E-state index contributed by atoms with van der Waals surface area (Å²) in [6.45, 7) is 2.01. The number of carbonyl (C=O) groups is 1. The van der Waals surface area contributed by atoms with Gasteiger partial charge in [-0.1, -0.05) is 35.4 Å². The van der Waals surface area contributed by atoms with Gasteiger partial charge in [-0.05, 0) is 37.3 Å². The Bertz CT molecular complexity index is 1030. The van der Waals surface area contributed by atoms with Gasteiger partial charge in [0.2, 0.25) is 0 Å². The van der Waals surface area contributed by atoms with E-state index in [1.54, 1.807) is 28.9 Å². The standard InChI is InChI=1S/C19H16ClN3O2S/c1-12-5-7-15(8-6-12)23-18(16-10-26(25)11-17(16)22-23)21-19(24)13-3-2-4-14(20)9-13/h2-9H,10-11H2,1H3,(H,21,24)/t26-/m1/s1. The van der Waals surface area contributed by atoms with Crippen molar-refractivity contribution in [3.8, 4) is 5.69 Å². The zero-order valence-electron chi connectivity index (χ0n) is 14.0. The van der Waals surface area contributed by atoms with E-state index in [9.17, 15) is 9.00 Å². The van der Waals surface area contributed by atoms with E-state index in [1.807, 2.05) is 31.2 Å². The molecule has 0 radical (unpaired) electrons. The molecule has 4 rings (SSSR count). The number of benzene rings is 2. The van der Waals surface area contributed by atoms with Gasteiger partial charge in [-0.3, -0.25) is 9.00 Å². The van der Waals surface area contributed by atoms with E-state index in [1.165, 1.54) is 0 Å². The van der Waals surface area contributed by atoms with E-state index in [4.69, 9.17) is 11.6 Å². The second-order valence-electron chi connectivity index (χ2n) is 6.21. The van der Waals surface area contributed by atoms with Crippen LogP contribution in [0, 0.1) is 6.92 Å². The molecule has 2 heterocycles. The Morgan fingerprint density at radius 1 is 1.19 bits per heavy atom. The Morgan fingerprint density at radius 2 is 1.96 bits per heavy atom. The number of hydrogen-bond acceptors (Lipinski definition) is 3. The van der Waals surface area contributed by atoms with Crippen LogP contribution in [0.5, 0.6) is 0 Å². The van der Waals surface area contributed by atoms with Gasteiger partial charge in [-0.2, -0.15) is 5.10 Å². The summed E-state index contributed by atoms with van der Waals surface area (Å²) >= 11 is 5.99. The fourth-order valence-corrected chi connectivity index (χ4v) is 4.39. The van der Waals surface area contributed by atoms with Crippen LogP contribution in [0.3, 0.4) is 0 Å². The van der Waals surface area contributed by atoms with Crippen LogP contribution in [0.1, 0.15) is 27.2 Å². The Morgan fingerprint density at radius 3 is 2.69 bits per heavy atom. The van der Waals surface area contributed by atoms with Gasteiger partial charge in [-0.25, -0.2) is 4.68 Å². The molecule has 0 saturated carbocycles. The van der Waals surface area contributed by atoms with Gasteiger partial charge in [-0.15, -0.1) is 0 Å². The Balaban J connectivity index is 1.75. The monoisotopic (exact) mass is 385 g/mol. The van der Waals surface area contributed by atoms with Gasteiger partial charge in [0.1, 0.15) is 5.82 Å². The van der Waals surface area contributed by atoms with Crippen LogP contribution in [-0.2, 0) is 22.3 Å². The Kier molecular flexibility index (Phi) is 4.38. The van der Waals surface area contributed by atoms with Gasteiger partial charge < -0.3 is 5.32 Å². The van der Waals surface area contributed by atoms with Crippen LogP contribution in [-0.4, -0.2) is 19.9 Å². The molecule has 0 saturated heterocycles. The van der Waals surface area contributed by atoms with Crippen molar-refractivity contribution >= 4 is 34.1 Å². The fraction of sp³-hybridized carbons (Fsp3) is 0.158. The minimum Gasteiger partial charge on any atom is -0.306 e. The molecule has 2 aromatic carbocycles. The lowest BCUT2D eigenvalue weighted by Gasteiger charge is -2.11. The summed E-state index contributed by atoms with van der Waals surface area (Å²) in [5.74, 6) is 1.10. The van der Waals surface area contributed by atoms with Crippen LogP contribution >= 0.6 is 11.6 Å². The van der Waals surface area contributed by atoms with Gasteiger partial charge in [0.05, 0.1) is 22.9 Å². The molecule has 0 aliphatic carbocycles. The summed E-state index contributed by atoms with van der Waals surface area (Å²) in [7, 11) is -0.978. The van der Waals surface area contributed by atoms with Crippen LogP contribution < -0.4 is 5.32 Å². The molecule has 132 valence electrons. The number of fused-ring (bicyclic) bond motifs is 1. The molecule has 1 aliphatic heterocycles. The lowest BCUT2D eigenvalue weighted by atomic mass is 10.2. The Labute approximate surface area is 158 Å². The first-order valence-corrected chi connectivity index (χ1v) is 9.97. The van der Waals surface area contributed by atoms with Crippen molar-refractivity contribution in [1.29, 1.82) is 0 Å². The van der Waals surface area contributed by atoms with Crippen molar-refractivity contribution in [3.63, 3.8) is 0 Å². The van der Waals surface area contributed by atoms with Crippen molar-refractivity contribution in [3.05, 3.63) is 75.9 Å². The second-order valence-corrected chi connectivity index (χ2v) is 8.11. The molecule has 0 bridgehead atoms. The van der Waals surface area contributed by atoms with Crippen LogP contribution in [0.15, 0.2) is 48.5 Å². The molecule has 0 fully saturated rings. The summed E-state index contributed by atoms with van der Waals surface area (Å²) < 4.78 is 13.6. The first-order valence-electron chi connectivity index (χ1n) is 8.11. The third-order valence-electron chi connectivity index (χ3n) is 4.27. The number of rotatable bonds is 3. The van der Waals surface area contributed by atoms with E-state index < -0.39 is 10.8 Å².